The van der Waals surface area contributed by atoms with Crippen LogP contribution in [-0.4, -0.2) is 36.7 Å². The summed E-state index contributed by atoms with van der Waals surface area (Å²) in [7, 11) is 1.76. The largest absolute Gasteiger partial charge is 0.496 e. The van der Waals surface area contributed by atoms with Crippen LogP contribution in [0.15, 0.2) is 18.2 Å². The molecule has 1 N–H and O–H groups in total. The van der Waals surface area contributed by atoms with E-state index in [1.54, 1.807) is 7.11 Å². The van der Waals surface area contributed by atoms with Crippen molar-refractivity contribution >= 4 is 0 Å². The second kappa shape index (κ2) is 6.80. The number of nitrogens with one attached hydrogen (secondary N) is 1. The maximum atomic E-state index is 5.55. The summed E-state index contributed by atoms with van der Waals surface area (Å²) >= 11 is 0. The second-order valence-corrected chi connectivity index (χ2v) is 6.53. The predicted molar refractivity (Wildman–Crippen MR) is 88.9 cm³/mol. The van der Waals surface area contributed by atoms with Gasteiger partial charge >= 0.3 is 0 Å². The van der Waals surface area contributed by atoms with Crippen molar-refractivity contribution in [3.63, 3.8) is 0 Å². The summed E-state index contributed by atoms with van der Waals surface area (Å²) in [5.74, 6) is 1.01. The molecule has 2 rings (SSSR count). The Bertz CT molecular complexity index is 474. The monoisotopic (exact) mass is 290 g/mol. The minimum atomic E-state index is 0.223. The van der Waals surface area contributed by atoms with Gasteiger partial charge in [0.1, 0.15) is 5.75 Å². The highest BCUT2D eigenvalue weighted by Gasteiger charge is 2.36. The Morgan fingerprint density at radius 3 is 2.76 bits per heavy atom. The van der Waals surface area contributed by atoms with Crippen molar-refractivity contribution in [1.82, 2.24) is 10.2 Å². The molecule has 118 valence electrons. The average Bonchev–Trinajstić information content (AvgIpc) is 2.50. The van der Waals surface area contributed by atoms with Crippen LogP contribution in [0.3, 0.4) is 0 Å². The molecule has 1 aliphatic rings. The van der Waals surface area contributed by atoms with Gasteiger partial charge in [-0.3, -0.25) is 4.90 Å². The van der Waals surface area contributed by atoms with Gasteiger partial charge in [-0.25, -0.2) is 0 Å². The van der Waals surface area contributed by atoms with Gasteiger partial charge in [0.05, 0.1) is 7.11 Å². The predicted octanol–water partition coefficient (Wildman–Crippen LogP) is 3.36. The summed E-state index contributed by atoms with van der Waals surface area (Å²) in [5.41, 5.74) is 2.82. The Balaban J connectivity index is 2.23. The number of ether oxygens (including phenoxy) is 1. The molecule has 1 fully saturated rings. The van der Waals surface area contributed by atoms with Crippen molar-refractivity contribution in [2.24, 2.45) is 0 Å². The van der Waals surface area contributed by atoms with E-state index in [-0.39, 0.29) is 5.54 Å². The summed E-state index contributed by atoms with van der Waals surface area (Å²) < 4.78 is 5.55. The molecule has 3 heteroatoms. The summed E-state index contributed by atoms with van der Waals surface area (Å²) in [4.78, 5) is 2.63. The van der Waals surface area contributed by atoms with E-state index in [1.165, 1.54) is 17.5 Å². The second-order valence-electron chi connectivity index (χ2n) is 6.53. The molecular formula is C18H30N2O. The molecule has 1 aromatic rings. The van der Waals surface area contributed by atoms with E-state index in [2.05, 4.69) is 56.1 Å². The molecule has 1 saturated heterocycles. The fraction of sp³-hybridized carbons (Fsp3) is 0.667. The van der Waals surface area contributed by atoms with E-state index < -0.39 is 0 Å². The third kappa shape index (κ3) is 3.58. The number of rotatable bonds is 5. The molecule has 0 spiro atoms. The minimum absolute atomic E-state index is 0.223. The number of benzene rings is 1. The first-order chi connectivity index (χ1) is 10.0. The van der Waals surface area contributed by atoms with Gasteiger partial charge in [-0.2, -0.15) is 0 Å². The molecule has 21 heavy (non-hydrogen) atoms. The van der Waals surface area contributed by atoms with E-state index in [0.717, 1.165) is 31.8 Å². The van der Waals surface area contributed by atoms with Gasteiger partial charge in [-0.1, -0.05) is 31.5 Å². The van der Waals surface area contributed by atoms with Crippen LogP contribution in [0.5, 0.6) is 5.75 Å². The SMILES string of the molecule is CCC1CN(Cc2cc(C)ccc2OC)C(C)(CC)CN1. The Hall–Kier alpha value is -1.06. The summed E-state index contributed by atoms with van der Waals surface area (Å²) in [6, 6.07) is 7.07. The lowest BCUT2D eigenvalue weighted by molar-refractivity contribution is 0.0402. The van der Waals surface area contributed by atoms with Crippen molar-refractivity contribution in [2.45, 2.75) is 58.7 Å². The molecule has 1 aliphatic heterocycles. The lowest BCUT2D eigenvalue weighted by Crippen LogP contribution is -2.62. The maximum Gasteiger partial charge on any atom is 0.123 e. The lowest BCUT2D eigenvalue weighted by Gasteiger charge is -2.48. The van der Waals surface area contributed by atoms with Crippen molar-refractivity contribution in [1.29, 1.82) is 0 Å². The Kier molecular flexibility index (Phi) is 5.28. The Morgan fingerprint density at radius 2 is 2.14 bits per heavy atom. The molecule has 3 nitrogen and oxygen atoms in total. The van der Waals surface area contributed by atoms with Crippen LogP contribution in [0.1, 0.15) is 44.7 Å². The number of hydrogen-bond acceptors (Lipinski definition) is 3. The Morgan fingerprint density at radius 1 is 1.38 bits per heavy atom. The van der Waals surface area contributed by atoms with Crippen LogP contribution < -0.4 is 10.1 Å². The number of methoxy groups -OCH3 is 1. The molecule has 0 aromatic heterocycles. The van der Waals surface area contributed by atoms with Crippen molar-refractivity contribution in [2.75, 3.05) is 20.2 Å². The highest BCUT2D eigenvalue weighted by molar-refractivity contribution is 5.37. The standard InChI is InChI=1S/C18H30N2O/c1-6-16-12-20(18(4,7-2)13-19-16)11-15-10-14(3)8-9-17(15)21-5/h8-10,16,19H,6-7,11-13H2,1-5H3. The zero-order chi connectivity index (χ0) is 15.5. The molecule has 0 amide bonds. The topological polar surface area (TPSA) is 24.5 Å². The first-order valence-corrected chi connectivity index (χ1v) is 8.14. The van der Waals surface area contributed by atoms with Gasteiger partial charge in [0, 0.05) is 36.8 Å². The van der Waals surface area contributed by atoms with E-state index in [4.69, 9.17) is 4.74 Å². The van der Waals surface area contributed by atoms with Crippen LogP contribution in [-0.2, 0) is 6.54 Å². The van der Waals surface area contributed by atoms with Gasteiger partial charge in [0.25, 0.3) is 0 Å². The first-order valence-electron chi connectivity index (χ1n) is 8.14. The lowest BCUT2D eigenvalue weighted by atomic mass is 9.90. The number of aryl methyl sites for hydroxylation is 1. The third-order valence-electron chi connectivity index (χ3n) is 5.03. The van der Waals surface area contributed by atoms with Crippen LogP contribution in [0.2, 0.25) is 0 Å². The minimum Gasteiger partial charge on any atom is -0.496 e. The molecule has 1 aromatic carbocycles. The van der Waals surface area contributed by atoms with Crippen LogP contribution >= 0.6 is 0 Å². The molecule has 0 bridgehead atoms. The smallest absolute Gasteiger partial charge is 0.123 e. The van der Waals surface area contributed by atoms with Gasteiger partial charge < -0.3 is 10.1 Å². The zero-order valence-corrected chi connectivity index (χ0v) is 14.2. The zero-order valence-electron chi connectivity index (χ0n) is 14.2. The maximum absolute atomic E-state index is 5.55. The quantitative estimate of drug-likeness (QED) is 0.900. The van der Waals surface area contributed by atoms with Crippen molar-refractivity contribution in [3.05, 3.63) is 29.3 Å². The summed E-state index contributed by atoms with van der Waals surface area (Å²) in [6.45, 7) is 12.2. The molecule has 0 radical (unpaired) electrons. The fourth-order valence-corrected chi connectivity index (χ4v) is 3.14. The highest BCUT2D eigenvalue weighted by Crippen LogP contribution is 2.29. The fourth-order valence-electron chi connectivity index (χ4n) is 3.14. The van der Waals surface area contributed by atoms with E-state index >= 15 is 0 Å². The molecule has 1 heterocycles. The summed E-state index contributed by atoms with van der Waals surface area (Å²) in [5, 5.41) is 3.69. The molecule has 0 saturated carbocycles. The summed E-state index contributed by atoms with van der Waals surface area (Å²) in [6.07, 6.45) is 2.34. The van der Waals surface area contributed by atoms with Gasteiger partial charge in [0.2, 0.25) is 0 Å². The number of piperazine rings is 1. The van der Waals surface area contributed by atoms with Gasteiger partial charge in [-0.05, 0) is 32.8 Å². The molecule has 2 unspecified atom stereocenters. The van der Waals surface area contributed by atoms with Crippen molar-refractivity contribution in [3.8, 4) is 5.75 Å². The molecule has 0 aliphatic carbocycles. The first kappa shape index (κ1) is 16.3. The van der Waals surface area contributed by atoms with Crippen LogP contribution in [0.4, 0.5) is 0 Å². The number of hydrogen-bond donors (Lipinski definition) is 1. The van der Waals surface area contributed by atoms with Gasteiger partial charge in [-0.15, -0.1) is 0 Å². The highest BCUT2D eigenvalue weighted by atomic mass is 16.5. The normalized spacial score (nSPS) is 26.8. The number of nitrogens with zero attached hydrogens (tertiary/aromatic N) is 1. The van der Waals surface area contributed by atoms with Gasteiger partial charge in [0.15, 0.2) is 0 Å². The third-order valence-corrected chi connectivity index (χ3v) is 5.03. The van der Waals surface area contributed by atoms with Crippen molar-refractivity contribution < 1.29 is 4.74 Å². The van der Waals surface area contributed by atoms with E-state index in [9.17, 15) is 0 Å². The average molecular weight is 290 g/mol. The van der Waals surface area contributed by atoms with Crippen LogP contribution in [0.25, 0.3) is 0 Å². The Labute approximate surface area is 129 Å². The molecular weight excluding hydrogens is 260 g/mol. The van der Waals surface area contributed by atoms with E-state index in [1.807, 2.05) is 0 Å². The van der Waals surface area contributed by atoms with E-state index in [0.29, 0.717) is 6.04 Å². The molecule has 2 atom stereocenters. The van der Waals surface area contributed by atoms with Crippen LogP contribution in [0, 0.1) is 6.92 Å².